The number of nitrogens with one attached hydrogen (secondary N) is 1. The van der Waals surface area contributed by atoms with Crippen molar-refractivity contribution in [3.63, 3.8) is 0 Å². The molecule has 0 amide bonds. The first-order chi connectivity index (χ1) is 9.71. The van der Waals surface area contributed by atoms with Crippen LogP contribution < -0.4 is 5.32 Å². The van der Waals surface area contributed by atoms with Gasteiger partial charge < -0.3 is 15.2 Å². The molecule has 0 aromatic carbocycles. The standard InChI is InChI=1S/C15H25N3O2/c1-3-6-16-15-5-4-13(7-17-15)9-18-8-12(2)20-14(10-18)11-19/h4-5,7,12,14,19H,3,6,8-11H2,1-2H3,(H,16,17). The van der Waals surface area contributed by atoms with Crippen LogP contribution in [0.3, 0.4) is 0 Å². The third-order valence-corrected chi connectivity index (χ3v) is 3.39. The van der Waals surface area contributed by atoms with Gasteiger partial charge in [-0.05, 0) is 25.0 Å². The Morgan fingerprint density at radius 1 is 1.45 bits per heavy atom. The van der Waals surface area contributed by atoms with Crippen molar-refractivity contribution in [1.29, 1.82) is 0 Å². The molecule has 0 aliphatic carbocycles. The van der Waals surface area contributed by atoms with Crippen LogP contribution in [-0.2, 0) is 11.3 Å². The van der Waals surface area contributed by atoms with Crippen LogP contribution in [0, 0.1) is 0 Å². The SMILES string of the molecule is CCCNc1ccc(CN2CC(C)OC(CO)C2)cn1. The summed E-state index contributed by atoms with van der Waals surface area (Å²) in [5.41, 5.74) is 1.19. The molecule has 20 heavy (non-hydrogen) atoms. The summed E-state index contributed by atoms with van der Waals surface area (Å²) in [6.07, 6.45) is 3.11. The Morgan fingerprint density at radius 3 is 2.95 bits per heavy atom. The predicted octanol–water partition coefficient (Wildman–Crippen LogP) is 1.49. The molecule has 1 aliphatic heterocycles. The molecule has 5 heteroatoms. The molecule has 2 atom stereocenters. The second-order valence-electron chi connectivity index (χ2n) is 5.42. The maximum atomic E-state index is 9.24. The molecule has 2 N–H and O–H groups in total. The van der Waals surface area contributed by atoms with E-state index in [2.05, 4.69) is 28.2 Å². The molecule has 2 rings (SSSR count). The van der Waals surface area contributed by atoms with E-state index in [0.29, 0.717) is 0 Å². The molecule has 2 heterocycles. The Balaban J connectivity index is 1.89. The van der Waals surface area contributed by atoms with Crippen LogP contribution in [0.4, 0.5) is 5.82 Å². The van der Waals surface area contributed by atoms with Gasteiger partial charge in [0.15, 0.2) is 0 Å². The van der Waals surface area contributed by atoms with Crippen molar-refractivity contribution in [3.05, 3.63) is 23.9 Å². The maximum Gasteiger partial charge on any atom is 0.125 e. The van der Waals surface area contributed by atoms with Crippen LogP contribution in [0.1, 0.15) is 25.8 Å². The number of anilines is 1. The number of hydrogen-bond donors (Lipinski definition) is 2. The highest BCUT2D eigenvalue weighted by atomic mass is 16.5. The van der Waals surface area contributed by atoms with Crippen molar-refractivity contribution >= 4 is 5.82 Å². The molecule has 112 valence electrons. The number of hydrogen-bond acceptors (Lipinski definition) is 5. The van der Waals surface area contributed by atoms with E-state index < -0.39 is 0 Å². The maximum absolute atomic E-state index is 9.24. The summed E-state index contributed by atoms with van der Waals surface area (Å²) < 4.78 is 5.65. The van der Waals surface area contributed by atoms with Crippen molar-refractivity contribution in [2.24, 2.45) is 0 Å². The zero-order chi connectivity index (χ0) is 14.4. The van der Waals surface area contributed by atoms with E-state index in [9.17, 15) is 5.11 Å². The Bertz CT molecular complexity index is 397. The second-order valence-corrected chi connectivity index (χ2v) is 5.42. The Kier molecular flexibility index (Phi) is 5.76. The molecule has 0 bridgehead atoms. The van der Waals surface area contributed by atoms with Crippen LogP contribution in [0.2, 0.25) is 0 Å². The van der Waals surface area contributed by atoms with Crippen LogP contribution in [0.25, 0.3) is 0 Å². The fraction of sp³-hybridized carbons (Fsp3) is 0.667. The minimum atomic E-state index is -0.0720. The van der Waals surface area contributed by atoms with E-state index in [0.717, 1.165) is 38.4 Å². The number of ether oxygens (including phenoxy) is 1. The minimum absolute atomic E-state index is 0.0720. The second kappa shape index (κ2) is 7.57. The van der Waals surface area contributed by atoms with Gasteiger partial charge in [0.05, 0.1) is 18.8 Å². The van der Waals surface area contributed by atoms with E-state index >= 15 is 0 Å². The van der Waals surface area contributed by atoms with E-state index in [-0.39, 0.29) is 18.8 Å². The zero-order valence-corrected chi connectivity index (χ0v) is 12.4. The monoisotopic (exact) mass is 279 g/mol. The summed E-state index contributed by atoms with van der Waals surface area (Å²) in [4.78, 5) is 6.73. The Morgan fingerprint density at radius 2 is 2.30 bits per heavy atom. The third kappa shape index (κ3) is 4.44. The first-order valence-electron chi connectivity index (χ1n) is 7.38. The number of aromatic nitrogens is 1. The normalized spacial score (nSPS) is 23.8. The van der Waals surface area contributed by atoms with Crippen LogP contribution in [0.15, 0.2) is 18.3 Å². The molecular weight excluding hydrogens is 254 g/mol. The predicted molar refractivity (Wildman–Crippen MR) is 79.7 cm³/mol. The van der Waals surface area contributed by atoms with Crippen molar-refractivity contribution in [1.82, 2.24) is 9.88 Å². The van der Waals surface area contributed by atoms with Crippen LogP contribution in [-0.4, -0.2) is 53.4 Å². The molecule has 0 radical (unpaired) electrons. The van der Waals surface area contributed by atoms with Crippen LogP contribution in [0.5, 0.6) is 0 Å². The van der Waals surface area contributed by atoms with Gasteiger partial charge in [0.1, 0.15) is 5.82 Å². The van der Waals surface area contributed by atoms with Crippen molar-refractivity contribution < 1.29 is 9.84 Å². The highest BCUT2D eigenvalue weighted by Crippen LogP contribution is 2.14. The lowest BCUT2D eigenvalue weighted by atomic mass is 10.2. The summed E-state index contributed by atoms with van der Waals surface area (Å²) in [6, 6.07) is 4.14. The summed E-state index contributed by atoms with van der Waals surface area (Å²) in [7, 11) is 0. The number of aliphatic hydroxyl groups is 1. The highest BCUT2D eigenvalue weighted by molar-refractivity contribution is 5.35. The van der Waals surface area contributed by atoms with Crippen molar-refractivity contribution in [3.8, 4) is 0 Å². The van der Waals surface area contributed by atoms with Gasteiger partial charge in [0.2, 0.25) is 0 Å². The average molecular weight is 279 g/mol. The number of morpholine rings is 1. The molecule has 1 fully saturated rings. The van der Waals surface area contributed by atoms with Gasteiger partial charge in [-0.1, -0.05) is 13.0 Å². The quantitative estimate of drug-likeness (QED) is 0.826. The molecule has 0 spiro atoms. The first-order valence-corrected chi connectivity index (χ1v) is 7.38. The molecule has 1 aromatic rings. The molecular formula is C15H25N3O2. The average Bonchev–Trinajstić information content (AvgIpc) is 2.46. The first kappa shape index (κ1) is 15.2. The van der Waals surface area contributed by atoms with Gasteiger partial charge in [-0.15, -0.1) is 0 Å². The van der Waals surface area contributed by atoms with Gasteiger partial charge in [-0.25, -0.2) is 4.98 Å². The van der Waals surface area contributed by atoms with Gasteiger partial charge >= 0.3 is 0 Å². The zero-order valence-electron chi connectivity index (χ0n) is 12.4. The summed E-state index contributed by atoms with van der Waals surface area (Å²) in [5, 5.41) is 12.5. The fourth-order valence-corrected chi connectivity index (χ4v) is 2.50. The smallest absolute Gasteiger partial charge is 0.125 e. The molecule has 0 saturated carbocycles. The van der Waals surface area contributed by atoms with Gasteiger partial charge in [0.25, 0.3) is 0 Å². The topological polar surface area (TPSA) is 57.6 Å². The van der Waals surface area contributed by atoms with Gasteiger partial charge in [-0.3, -0.25) is 4.90 Å². The molecule has 1 aromatic heterocycles. The van der Waals surface area contributed by atoms with E-state index in [4.69, 9.17) is 4.74 Å². The molecule has 5 nitrogen and oxygen atoms in total. The van der Waals surface area contributed by atoms with Crippen molar-refractivity contribution in [2.45, 2.75) is 39.0 Å². The summed E-state index contributed by atoms with van der Waals surface area (Å²) in [5.74, 6) is 0.930. The number of aliphatic hydroxyl groups excluding tert-OH is 1. The lowest BCUT2D eigenvalue weighted by Gasteiger charge is -2.36. The van der Waals surface area contributed by atoms with Crippen LogP contribution >= 0.6 is 0 Å². The molecule has 2 unspecified atom stereocenters. The lowest BCUT2D eigenvalue weighted by molar-refractivity contribution is -0.0972. The largest absolute Gasteiger partial charge is 0.394 e. The Labute approximate surface area is 121 Å². The van der Waals surface area contributed by atoms with Crippen molar-refractivity contribution in [2.75, 3.05) is 31.6 Å². The van der Waals surface area contributed by atoms with Gasteiger partial charge in [0, 0.05) is 32.4 Å². The summed E-state index contributed by atoms with van der Waals surface area (Å²) in [6.45, 7) is 7.74. The van der Waals surface area contributed by atoms with E-state index in [1.165, 1.54) is 5.56 Å². The van der Waals surface area contributed by atoms with Gasteiger partial charge in [-0.2, -0.15) is 0 Å². The van der Waals surface area contributed by atoms with E-state index in [1.54, 1.807) is 0 Å². The third-order valence-electron chi connectivity index (χ3n) is 3.39. The number of pyridine rings is 1. The fourth-order valence-electron chi connectivity index (χ4n) is 2.50. The molecule has 1 saturated heterocycles. The lowest BCUT2D eigenvalue weighted by Crippen LogP contribution is -2.47. The highest BCUT2D eigenvalue weighted by Gasteiger charge is 2.24. The molecule has 1 aliphatic rings. The Hall–Kier alpha value is -1.17. The number of nitrogens with zero attached hydrogens (tertiary/aromatic N) is 2. The summed E-state index contributed by atoms with van der Waals surface area (Å²) >= 11 is 0. The number of rotatable bonds is 6. The minimum Gasteiger partial charge on any atom is -0.394 e. The van der Waals surface area contributed by atoms with E-state index in [1.807, 2.05) is 19.2 Å².